The Labute approximate surface area is 161 Å². The lowest BCUT2D eigenvalue weighted by Gasteiger charge is -2.08. The van der Waals surface area contributed by atoms with E-state index in [1.807, 2.05) is 38.2 Å². The largest absolute Gasteiger partial charge is 0.497 e. The molecule has 1 aromatic carbocycles. The number of amides is 1. The number of carbonyl (C=O) groups excluding carboxylic acids is 1. The summed E-state index contributed by atoms with van der Waals surface area (Å²) in [5.74, 6) is 0.731. The minimum absolute atomic E-state index is 0.292. The van der Waals surface area contributed by atoms with Crippen LogP contribution in [0, 0.1) is 13.8 Å². The van der Waals surface area contributed by atoms with E-state index in [1.54, 1.807) is 30.8 Å². The van der Waals surface area contributed by atoms with Crippen molar-refractivity contribution >= 4 is 22.8 Å². The van der Waals surface area contributed by atoms with Gasteiger partial charge in [-0.1, -0.05) is 5.16 Å². The molecule has 0 fully saturated rings. The third-order valence-electron chi connectivity index (χ3n) is 4.46. The predicted octanol–water partition coefficient (Wildman–Crippen LogP) is 3.50. The average Bonchev–Trinajstić information content (AvgIpc) is 3.23. The number of ether oxygens (including phenoxy) is 1. The zero-order valence-electron chi connectivity index (χ0n) is 16.0. The van der Waals surface area contributed by atoms with Crippen molar-refractivity contribution in [2.75, 3.05) is 12.4 Å². The molecule has 0 aliphatic rings. The number of carbonyl (C=O) groups is 1. The molecule has 3 heterocycles. The highest BCUT2D eigenvalue weighted by Crippen LogP contribution is 2.28. The number of methoxy groups -OCH3 is 1. The first-order chi connectivity index (χ1) is 13.5. The molecular formula is C20H19N5O3. The van der Waals surface area contributed by atoms with Crippen LogP contribution < -0.4 is 10.1 Å². The van der Waals surface area contributed by atoms with Crippen LogP contribution in [-0.4, -0.2) is 32.9 Å². The Hall–Kier alpha value is -3.68. The highest BCUT2D eigenvalue weighted by Gasteiger charge is 2.20. The summed E-state index contributed by atoms with van der Waals surface area (Å²) in [6.45, 7) is 3.64. The first kappa shape index (κ1) is 17.7. The van der Waals surface area contributed by atoms with Crippen molar-refractivity contribution in [3.05, 3.63) is 53.3 Å². The summed E-state index contributed by atoms with van der Waals surface area (Å²) in [5.41, 5.74) is 4.04. The summed E-state index contributed by atoms with van der Waals surface area (Å²) in [5, 5.41) is 11.7. The number of nitrogens with zero attached hydrogens (tertiary/aromatic N) is 4. The number of pyridine rings is 1. The average molecular weight is 377 g/mol. The first-order valence-corrected chi connectivity index (χ1v) is 8.69. The molecule has 0 aliphatic carbocycles. The smallest absolute Gasteiger partial charge is 0.258 e. The number of hydrogen-bond donors (Lipinski definition) is 1. The molecule has 1 amide bonds. The van der Waals surface area contributed by atoms with Gasteiger partial charge >= 0.3 is 0 Å². The van der Waals surface area contributed by atoms with E-state index in [0.29, 0.717) is 33.9 Å². The number of anilines is 1. The van der Waals surface area contributed by atoms with Crippen molar-refractivity contribution in [3.63, 3.8) is 0 Å². The molecule has 1 N–H and O–H groups in total. The summed E-state index contributed by atoms with van der Waals surface area (Å²) in [4.78, 5) is 17.7. The van der Waals surface area contributed by atoms with Gasteiger partial charge < -0.3 is 9.26 Å². The molecule has 0 radical (unpaired) electrons. The van der Waals surface area contributed by atoms with Gasteiger partial charge in [0, 0.05) is 18.7 Å². The Morgan fingerprint density at radius 1 is 1.18 bits per heavy atom. The van der Waals surface area contributed by atoms with E-state index in [-0.39, 0.29) is 5.91 Å². The molecule has 142 valence electrons. The van der Waals surface area contributed by atoms with Gasteiger partial charge in [0.25, 0.3) is 5.91 Å². The molecule has 0 spiro atoms. The summed E-state index contributed by atoms with van der Waals surface area (Å²) >= 11 is 0. The molecule has 4 rings (SSSR count). The molecule has 28 heavy (non-hydrogen) atoms. The van der Waals surface area contributed by atoms with Crippen molar-refractivity contribution < 1.29 is 14.1 Å². The van der Waals surface area contributed by atoms with Crippen LogP contribution >= 0.6 is 0 Å². The molecule has 0 atom stereocenters. The molecule has 0 saturated heterocycles. The van der Waals surface area contributed by atoms with E-state index in [1.165, 1.54) is 0 Å². The number of rotatable bonds is 4. The van der Waals surface area contributed by atoms with Gasteiger partial charge in [-0.25, -0.2) is 4.98 Å². The summed E-state index contributed by atoms with van der Waals surface area (Å²) < 4.78 is 12.0. The van der Waals surface area contributed by atoms with Gasteiger partial charge in [-0.2, -0.15) is 5.10 Å². The number of fused-ring (bicyclic) bond motifs is 1. The minimum Gasteiger partial charge on any atom is -0.497 e. The molecular weight excluding hydrogens is 358 g/mol. The second-order valence-electron chi connectivity index (χ2n) is 6.48. The van der Waals surface area contributed by atoms with Gasteiger partial charge in [-0.15, -0.1) is 0 Å². The maximum Gasteiger partial charge on any atom is 0.258 e. The van der Waals surface area contributed by atoms with Crippen LogP contribution in [0.15, 0.2) is 40.9 Å². The second-order valence-corrected chi connectivity index (χ2v) is 6.48. The number of nitrogens with one attached hydrogen (secondary N) is 1. The molecule has 8 nitrogen and oxygen atoms in total. The quantitative estimate of drug-likeness (QED) is 0.585. The van der Waals surface area contributed by atoms with Crippen molar-refractivity contribution in [2.24, 2.45) is 7.05 Å². The lowest BCUT2D eigenvalue weighted by molar-refractivity contribution is 0.102. The fourth-order valence-corrected chi connectivity index (χ4v) is 3.14. The third kappa shape index (κ3) is 3.09. The highest BCUT2D eigenvalue weighted by atomic mass is 16.5. The molecule has 4 aromatic rings. The molecule has 0 bridgehead atoms. The van der Waals surface area contributed by atoms with Crippen LogP contribution in [0.4, 0.5) is 5.88 Å². The Morgan fingerprint density at radius 3 is 2.57 bits per heavy atom. The zero-order chi connectivity index (χ0) is 19.8. The maximum absolute atomic E-state index is 13.0. The molecule has 3 aromatic heterocycles. The Balaban J connectivity index is 1.84. The van der Waals surface area contributed by atoms with E-state index in [9.17, 15) is 4.79 Å². The first-order valence-electron chi connectivity index (χ1n) is 8.69. The van der Waals surface area contributed by atoms with Crippen LogP contribution in [0.3, 0.4) is 0 Å². The Bertz CT molecular complexity index is 1170. The molecule has 0 unspecified atom stereocenters. The fraction of sp³-hybridized carbons (Fsp3) is 0.200. The third-order valence-corrected chi connectivity index (χ3v) is 4.46. The van der Waals surface area contributed by atoms with Gasteiger partial charge in [0.1, 0.15) is 5.75 Å². The van der Waals surface area contributed by atoms with Crippen LogP contribution in [0.5, 0.6) is 5.75 Å². The number of aromatic nitrogens is 4. The maximum atomic E-state index is 13.0. The van der Waals surface area contributed by atoms with Gasteiger partial charge in [-0.3, -0.25) is 14.8 Å². The van der Waals surface area contributed by atoms with Crippen molar-refractivity contribution in [1.29, 1.82) is 0 Å². The Kier molecular flexibility index (Phi) is 4.31. The number of hydrogen-bond acceptors (Lipinski definition) is 6. The van der Waals surface area contributed by atoms with E-state index < -0.39 is 0 Å². The highest BCUT2D eigenvalue weighted by molar-refractivity contribution is 6.13. The summed E-state index contributed by atoms with van der Waals surface area (Å²) in [6.07, 6.45) is 0. The van der Waals surface area contributed by atoms with Gasteiger partial charge in [0.15, 0.2) is 5.65 Å². The Morgan fingerprint density at radius 2 is 1.93 bits per heavy atom. The summed E-state index contributed by atoms with van der Waals surface area (Å²) in [7, 11) is 3.42. The predicted molar refractivity (Wildman–Crippen MR) is 104 cm³/mol. The molecule has 0 saturated carbocycles. The van der Waals surface area contributed by atoms with Gasteiger partial charge in [0.2, 0.25) is 5.88 Å². The van der Waals surface area contributed by atoms with Gasteiger partial charge in [0.05, 0.1) is 35.1 Å². The molecule has 0 aliphatic heterocycles. The van der Waals surface area contributed by atoms with Crippen LogP contribution in [0.25, 0.3) is 22.3 Å². The van der Waals surface area contributed by atoms with E-state index >= 15 is 0 Å². The number of benzene rings is 1. The monoisotopic (exact) mass is 377 g/mol. The minimum atomic E-state index is -0.311. The van der Waals surface area contributed by atoms with Gasteiger partial charge in [-0.05, 0) is 44.2 Å². The van der Waals surface area contributed by atoms with Crippen LogP contribution in [-0.2, 0) is 7.05 Å². The summed E-state index contributed by atoms with van der Waals surface area (Å²) in [6, 6.07) is 10.9. The van der Waals surface area contributed by atoms with Crippen molar-refractivity contribution in [3.8, 4) is 17.0 Å². The van der Waals surface area contributed by atoms with Crippen molar-refractivity contribution in [2.45, 2.75) is 13.8 Å². The SMILES string of the molecule is COc1ccc(-c2cc(C(=O)Nc3cc(C)no3)c3c(C)nn(C)c3n2)cc1. The lowest BCUT2D eigenvalue weighted by atomic mass is 10.0. The normalized spacial score (nSPS) is 11.0. The van der Waals surface area contributed by atoms with E-state index in [0.717, 1.165) is 17.0 Å². The lowest BCUT2D eigenvalue weighted by Crippen LogP contribution is -2.13. The van der Waals surface area contributed by atoms with E-state index in [2.05, 4.69) is 15.6 Å². The zero-order valence-corrected chi connectivity index (χ0v) is 16.0. The second kappa shape index (κ2) is 6.80. The van der Waals surface area contributed by atoms with Crippen LogP contribution in [0.2, 0.25) is 0 Å². The standard InChI is InChI=1S/C20H19N5O3/c1-11-9-17(28-24-11)22-20(26)15-10-16(13-5-7-14(27-4)8-6-13)21-19-18(15)12(2)23-25(19)3/h5-10H,1-4H3,(H,22,26). The fourth-order valence-electron chi connectivity index (χ4n) is 3.14. The van der Waals surface area contributed by atoms with E-state index in [4.69, 9.17) is 14.2 Å². The topological polar surface area (TPSA) is 95.1 Å². The van der Waals surface area contributed by atoms with Crippen LogP contribution in [0.1, 0.15) is 21.7 Å². The van der Waals surface area contributed by atoms with Crippen molar-refractivity contribution in [1.82, 2.24) is 19.9 Å². The molecule has 8 heteroatoms. The number of aryl methyl sites for hydroxylation is 3.